The summed E-state index contributed by atoms with van der Waals surface area (Å²) in [6, 6.07) is 0. The van der Waals surface area contributed by atoms with Crippen molar-refractivity contribution in [3.8, 4) is 0 Å². The number of fused-ring (bicyclic) bond motifs is 1. The zero-order chi connectivity index (χ0) is 12.5. The number of aryl methyl sites for hydroxylation is 1. The average Bonchev–Trinajstić information content (AvgIpc) is 2.59. The van der Waals surface area contributed by atoms with Crippen molar-refractivity contribution >= 4 is 17.9 Å². The van der Waals surface area contributed by atoms with Crippen LogP contribution in [-0.2, 0) is 16.1 Å². The Balaban J connectivity index is 1.95. The van der Waals surface area contributed by atoms with E-state index in [2.05, 4.69) is 16.5 Å². The summed E-state index contributed by atoms with van der Waals surface area (Å²) in [7, 11) is 0. The molecule has 1 atom stereocenters. The summed E-state index contributed by atoms with van der Waals surface area (Å²) in [6.45, 7) is 0.885. The van der Waals surface area contributed by atoms with E-state index in [1.807, 2.05) is 10.8 Å². The first kappa shape index (κ1) is 11.2. The molecule has 1 saturated heterocycles. The number of amides is 2. The van der Waals surface area contributed by atoms with Gasteiger partial charge in [-0.25, -0.2) is 0 Å². The van der Waals surface area contributed by atoms with Crippen molar-refractivity contribution in [3.63, 3.8) is 0 Å². The first-order valence-electron chi connectivity index (χ1n) is 6.31. The van der Waals surface area contributed by atoms with Gasteiger partial charge in [0.2, 0.25) is 11.8 Å². The van der Waals surface area contributed by atoms with Gasteiger partial charge < -0.3 is 0 Å². The Morgan fingerprint density at radius 3 is 3.11 bits per heavy atom. The Hall–Kier alpha value is -1.91. The maximum atomic E-state index is 11.9. The van der Waals surface area contributed by atoms with E-state index in [1.54, 1.807) is 6.20 Å². The molecule has 18 heavy (non-hydrogen) atoms. The predicted octanol–water partition coefficient (Wildman–Crippen LogP) is 1.21. The van der Waals surface area contributed by atoms with E-state index in [4.69, 9.17) is 0 Å². The van der Waals surface area contributed by atoms with Gasteiger partial charge in [0.1, 0.15) is 0 Å². The second-order valence-corrected chi connectivity index (χ2v) is 4.76. The molecule has 5 nitrogen and oxygen atoms in total. The largest absolute Gasteiger partial charge is 0.296 e. The molecule has 1 N–H and O–H groups in total. The molecule has 2 aliphatic rings. The summed E-state index contributed by atoms with van der Waals surface area (Å²) in [5.41, 5.74) is 1.96. The van der Waals surface area contributed by atoms with Crippen molar-refractivity contribution in [2.24, 2.45) is 0 Å². The van der Waals surface area contributed by atoms with Gasteiger partial charge in [0.05, 0.1) is 17.8 Å². The lowest BCUT2D eigenvalue weighted by Crippen LogP contribution is -2.39. The van der Waals surface area contributed by atoms with Crippen LogP contribution in [0.4, 0.5) is 0 Å². The summed E-state index contributed by atoms with van der Waals surface area (Å²) < 4.78 is 1.95. The SMILES string of the molecule is O=C1CCC(c2cnn3c2C=CCCC3)C(=O)N1. The minimum absolute atomic E-state index is 0.176. The van der Waals surface area contributed by atoms with Crippen LogP contribution in [0, 0.1) is 0 Å². The Morgan fingerprint density at radius 1 is 1.39 bits per heavy atom. The first-order valence-corrected chi connectivity index (χ1v) is 6.31. The van der Waals surface area contributed by atoms with Crippen molar-refractivity contribution in [2.75, 3.05) is 0 Å². The minimum atomic E-state index is -0.241. The van der Waals surface area contributed by atoms with Gasteiger partial charge in [-0.05, 0) is 25.3 Å². The Morgan fingerprint density at radius 2 is 2.28 bits per heavy atom. The predicted molar refractivity (Wildman–Crippen MR) is 65.6 cm³/mol. The number of carbonyl (C=O) groups excluding carboxylic acids is 2. The normalized spacial score (nSPS) is 23.4. The highest BCUT2D eigenvalue weighted by Crippen LogP contribution is 2.29. The Bertz CT molecular complexity index is 530. The lowest BCUT2D eigenvalue weighted by atomic mass is 9.90. The van der Waals surface area contributed by atoms with Gasteiger partial charge in [-0.3, -0.25) is 19.6 Å². The Labute approximate surface area is 105 Å². The number of aromatic nitrogens is 2. The van der Waals surface area contributed by atoms with Crippen LogP contribution in [0.5, 0.6) is 0 Å². The fourth-order valence-electron chi connectivity index (χ4n) is 2.58. The van der Waals surface area contributed by atoms with Crippen molar-refractivity contribution in [2.45, 2.75) is 38.1 Å². The maximum absolute atomic E-state index is 11.9. The average molecular weight is 245 g/mol. The molecule has 5 heteroatoms. The molecule has 1 aromatic heterocycles. The molecule has 0 aromatic carbocycles. The molecular formula is C13H15N3O2. The topological polar surface area (TPSA) is 64.0 Å². The fraction of sp³-hybridized carbons (Fsp3) is 0.462. The molecule has 0 spiro atoms. The summed E-state index contributed by atoms with van der Waals surface area (Å²) in [5, 5.41) is 6.75. The number of hydrogen-bond acceptors (Lipinski definition) is 3. The monoisotopic (exact) mass is 245 g/mol. The minimum Gasteiger partial charge on any atom is -0.296 e. The third-order valence-corrected chi connectivity index (χ3v) is 3.54. The van der Waals surface area contributed by atoms with Crippen molar-refractivity contribution in [1.29, 1.82) is 0 Å². The van der Waals surface area contributed by atoms with Crippen LogP contribution in [-0.4, -0.2) is 21.6 Å². The van der Waals surface area contributed by atoms with E-state index in [9.17, 15) is 9.59 Å². The summed E-state index contributed by atoms with van der Waals surface area (Å²) in [4.78, 5) is 23.0. The number of nitrogens with zero attached hydrogens (tertiary/aromatic N) is 2. The third kappa shape index (κ3) is 1.85. The molecule has 0 radical (unpaired) electrons. The number of imide groups is 1. The number of piperidine rings is 1. The number of rotatable bonds is 1. The zero-order valence-electron chi connectivity index (χ0n) is 10.1. The smallest absolute Gasteiger partial charge is 0.234 e. The number of hydrogen-bond donors (Lipinski definition) is 1. The molecular weight excluding hydrogens is 230 g/mol. The molecule has 3 heterocycles. The summed E-state index contributed by atoms with van der Waals surface area (Å²) >= 11 is 0. The van der Waals surface area contributed by atoms with Crippen LogP contribution in [0.25, 0.3) is 6.08 Å². The van der Waals surface area contributed by atoms with Crippen LogP contribution in [0.1, 0.15) is 42.9 Å². The fourth-order valence-corrected chi connectivity index (χ4v) is 2.58. The van der Waals surface area contributed by atoms with E-state index >= 15 is 0 Å². The second kappa shape index (κ2) is 4.40. The number of carbonyl (C=O) groups is 2. The van der Waals surface area contributed by atoms with E-state index in [0.717, 1.165) is 30.6 Å². The highest BCUT2D eigenvalue weighted by molar-refractivity contribution is 6.01. The van der Waals surface area contributed by atoms with Crippen molar-refractivity contribution in [3.05, 3.63) is 23.5 Å². The van der Waals surface area contributed by atoms with Gasteiger partial charge >= 0.3 is 0 Å². The molecule has 94 valence electrons. The van der Waals surface area contributed by atoms with Crippen molar-refractivity contribution in [1.82, 2.24) is 15.1 Å². The molecule has 0 bridgehead atoms. The second-order valence-electron chi connectivity index (χ2n) is 4.76. The molecule has 0 saturated carbocycles. The lowest BCUT2D eigenvalue weighted by molar-refractivity contribution is -0.134. The van der Waals surface area contributed by atoms with Gasteiger partial charge in [-0.2, -0.15) is 5.10 Å². The summed E-state index contributed by atoms with van der Waals surface area (Å²) in [5.74, 6) is -0.612. The standard InChI is InChI=1S/C13H15N3O2/c17-12-6-5-9(13(18)15-12)10-8-14-16-7-3-1-2-4-11(10)16/h2,4,8-9H,1,3,5-7H2,(H,15,17,18). The quantitative estimate of drug-likeness (QED) is 0.756. The highest BCUT2D eigenvalue weighted by atomic mass is 16.2. The lowest BCUT2D eigenvalue weighted by Gasteiger charge is -2.20. The van der Waals surface area contributed by atoms with Gasteiger partial charge in [0.25, 0.3) is 0 Å². The van der Waals surface area contributed by atoms with Crippen molar-refractivity contribution < 1.29 is 9.59 Å². The van der Waals surface area contributed by atoms with Crippen LogP contribution < -0.4 is 5.32 Å². The zero-order valence-corrected chi connectivity index (χ0v) is 10.1. The molecule has 2 amide bonds. The van der Waals surface area contributed by atoms with E-state index in [1.165, 1.54) is 0 Å². The summed E-state index contributed by atoms with van der Waals surface area (Å²) in [6.07, 6.45) is 9.03. The van der Waals surface area contributed by atoms with Gasteiger partial charge in [0, 0.05) is 18.5 Å². The number of allylic oxidation sites excluding steroid dienone is 1. The molecule has 3 rings (SSSR count). The van der Waals surface area contributed by atoms with Crippen LogP contribution in [0.2, 0.25) is 0 Å². The van der Waals surface area contributed by atoms with Crippen LogP contribution >= 0.6 is 0 Å². The van der Waals surface area contributed by atoms with Gasteiger partial charge in [0.15, 0.2) is 0 Å². The maximum Gasteiger partial charge on any atom is 0.234 e. The molecule has 1 fully saturated rings. The van der Waals surface area contributed by atoms with Gasteiger partial charge in [-0.15, -0.1) is 0 Å². The van der Waals surface area contributed by atoms with Crippen LogP contribution in [0.15, 0.2) is 12.3 Å². The van der Waals surface area contributed by atoms with E-state index in [0.29, 0.717) is 12.8 Å². The first-order chi connectivity index (χ1) is 8.75. The third-order valence-electron chi connectivity index (χ3n) is 3.54. The van der Waals surface area contributed by atoms with E-state index in [-0.39, 0.29) is 17.7 Å². The molecule has 1 aromatic rings. The number of nitrogens with one attached hydrogen (secondary N) is 1. The van der Waals surface area contributed by atoms with E-state index < -0.39 is 0 Å². The highest BCUT2D eigenvalue weighted by Gasteiger charge is 2.31. The molecule has 0 aliphatic carbocycles. The Kier molecular flexibility index (Phi) is 2.74. The molecule has 1 unspecified atom stereocenters. The van der Waals surface area contributed by atoms with Crippen LogP contribution in [0.3, 0.4) is 0 Å². The van der Waals surface area contributed by atoms with Gasteiger partial charge in [-0.1, -0.05) is 6.08 Å². The molecule has 2 aliphatic heterocycles.